The molecule has 4 nitrogen and oxygen atoms in total. The minimum atomic E-state index is -0.0956. The van der Waals surface area contributed by atoms with E-state index in [9.17, 15) is 4.79 Å². The van der Waals surface area contributed by atoms with Crippen molar-refractivity contribution in [3.05, 3.63) is 21.9 Å². The van der Waals surface area contributed by atoms with E-state index >= 15 is 0 Å². The Bertz CT molecular complexity index is 419. The quantitative estimate of drug-likeness (QED) is 0.892. The van der Waals surface area contributed by atoms with Gasteiger partial charge in [0.2, 0.25) is 0 Å². The van der Waals surface area contributed by atoms with Crippen molar-refractivity contribution in [2.24, 2.45) is 0 Å². The predicted octanol–water partition coefficient (Wildman–Crippen LogP) is 2.81. The number of carbonyl (C=O) groups is 1. The number of hydrogen-bond donors (Lipinski definition) is 2. The van der Waals surface area contributed by atoms with E-state index in [1.165, 1.54) is 16.9 Å². The maximum Gasteiger partial charge on any atom is 0.315 e. The van der Waals surface area contributed by atoms with Gasteiger partial charge in [-0.1, -0.05) is 12.8 Å². The predicted molar refractivity (Wildman–Crippen MR) is 77.5 cm³/mol. The summed E-state index contributed by atoms with van der Waals surface area (Å²) in [6.45, 7) is 2.66. The van der Waals surface area contributed by atoms with Crippen molar-refractivity contribution >= 4 is 17.4 Å². The molecule has 19 heavy (non-hydrogen) atoms. The third kappa shape index (κ3) is 3.94. The Morgan fingerprint density at radius 3 is 2.95 bits per heavy atom. The minimum Gasteiger partial charge on any atom is -0.379 e. The molecule has 1 aromatic heterocycles. The van der Waals surface area contributed by atoms with Crippen molar-refractivity contribution in [2.45, 2.75) is 51.3 Å². The van der Waals surface area contributed by atoms with Gasteiger partial charge in [0.1, 0.15) is 0 Å². The SMILES string of the molecule is COC1CCCCC1NC(=O)NCc1sccc1C. The zero-order valence-electron chi connectivity index (χ0n) is 11.6. The van der Waals surface area contributed by atoms with Crippen LogP contribution >= 0.6 is 11.3 Å². The molecule has 2 rings (SSSR count). The van der Waals surface area contributed by atoms with Gasteiger partial charge in [0.15, 0.2) is 0 Å². The molecular weight excluding hydrogens is 260 g/mol. The van der Waals surface area contributed by atoms with Crippen LogP contribution in [0.25, 0.3) is 0 Å². The summed E-state index contributed by atoms with van der Waals surface area (Å²) < 4.78 is 5.43. The zero-order chi connectivity index (χ0) is 13.7. The molecule has 1 fully saturated rings. The second-order valence-corrected chi connectivity index (χ2v) is 6.02. The number of nitrogens with one attached hydrogen (secondary N) is 2. The highest BCUT2D eigenvalue weighted by atomic mass is 32.1. The van der Waals surface area contributed by atoms with Crippen molar-refractivity contribution in [2.75, 3.05) is 7.11 Å². The summed E-state index contributed by atoms with van der Waals surface area (Å²) in [6, 6.07) is 2.12. The molecule has 5 heteroatoms. The highest BCUT2D eigenvalue weighted by molar-refractivity contribution is 7.10. The number of carbonyl (C=O) groups excluding carboxylic acids is 1. The van der Waals surface area contributed by atoms with Gasteiger partial charge in [0.05, 0.1) is 18.7 Å². The Kier molecular flexibility index (Phi) is 5.22. The number of urea groups is 1. The van der Waals surface area contributed by atoms with Gasteiger partial charge in [-0.05, 0) is 36.8 Å². The summed E-state index contributed by atoms with van der Waals surface area (Å²) in [7, 11) is 1.72. The van der Waals surface area contributed by atoms with E-state index in [1.807, 2.05) is 5.38 Å². The summed E-state index contributed by atoms with van der Waals surface area (Å²) in [5.74, 6) is 0. The largest absolute Gasteiger partial charge is 0.379 e. The van der Waals surface area contributed by atoms with Gasteiger partial charge in [0, 0.05) is 12.0 Å². The number of aryl methyl sites for hydroxylation is 1. The van der Waals surface area contributed by atoms with E-state index in [0.717, 1.165) is 19.3 Å². The Morgan fingerprint density at radius 2 is 2.26 bits per heavy atom. The second kappa shape index (κ2) is 6.91. The lowest BCUT2D eigenvalue weighted by molar-refractivity contribution is 0.0452. The first-order valence-corrected chi connectivity index (χ1v) is 7.69. The van der Waals surface area contributed by atoms with Crippen molar-refractivity contribution in [1.82, 2.24) is 10.6 Å². The average Bonchev–Trinajstić information content (AvgIpc) is 2.82. The molecule has 2 N–H and O–H groups in total. The van der Waals surface area contributed by atoms with E-state index < -0.39 is 0 Å². The van der Waals surface area contributed by atoms with Crippen molar-refractivity contribution in [1.29, 1.82) is 0 Å². The molecule has 0 bridgehead atoms. The summed E-state index contributed by atoms with van der Waals surface area (Å²) in [6.07, 6.45) is 4.54. The minimum absolute atomic E-state index is 0.0956. The summed E-state index contributed by atoms with van der Waals surface area (Å²) in [5, 5.41) is 8.00. The lowest BCUT2D eigenvalue weighted by atomic mass is 9.92. The van der Waals surface area contributed by atoms with Crippen LogP contribution in [0.5, 0.6) is 0 Å². The fourth-order valence-electron chi connectivity index (χ4n) is 2.51. The monoisotopic (exact) mass is 282 g/mol. The number of amides is 2. The number of ether oxygens (including phenoxy) is 1. The Balaban J connectivity index is 1.79. The number of rotatable bonds is 4. The molecule has 1 aliphatic rings. The van der Waals surface area contributed by atoms with Gasteiger partial charge < -0.3 is 15.4 Å². The van der Waals surface area contributed by atoms with Crippen LogP contribution in [0.2, 0.25) is 0 Å². The Labute approximate surface area is 118 Å². The first-order chi connectivity index (χ1) is 9.20. The molecule has 1 heterocycles. The number of hydrogen-bond acceptors (Lipinski definition) is 3. The molecule has 0 aliphatic heterocycles. The van der Waals surface area contributed by atoms with Crippen molar-refractivity contribution < 1.29 is 9.53 Å². The smallest absolute Gasteiger partial charge is 0.315 e. The normalized spacial score (nSPS) is 23.1. The van der Waals surface area contributed by atoms with Crippen LogP contribution in [-0.4, -0.2) is 25.3 Å². The fourth-order valence-corrected chi connectivity index (χ4v) is 3.36. The summed E-state index contributed by atoms with van der Waals surface area (Å²) in [5.41, 5.74) is 1.23. The molecule has 0 spiro atoms. The third-order valence-electron chi connectivity index (χ3n) is 3.70. The van der Waals surface area contributed by atoms with Gasteiger partial charge in [0.25, 0.3) is 0 Å². The van der Waals surface area contributed by atoms with Gasteiger partial charge in [-0.2, -0.15) is 0 Å². The Morgan fingerprint density at radius 1 is 1.47 bits per heavy atom. The van der Waals surface area contributed by atoms with Crippen molar-refractivity contribution in [3.63, 3.8) is 0 Å². The molecule has 2 amide bonds. The number of methoxy groups -OCH3 is 1. The molecule has 2 atom stereocenters. The molecule has 106 valence electrons. The molecule has 2 unspecified atom stereocenters. The molecule has 0 radical (unpaired) electrons. The molecule has 1 saturated carbocycles. The van der Waals surface area contributed by atoms with Crippen LogP contribution < -0.4 is 10.6 Å². The van der Waals surface area contributed by atoms with Gasteiger partial charge in [-0.3, -0.25) is 0 Å². The van der Waals surface area contributed by atoms with E-state index in [4.69, 9.17) is 4.74 Å². The van der Waals surface area contributed by atoms with Gasteiger partial charge in [-0.15, -0.1) is 11.3 Å². The molecule has 0 saturated heterocycles. The van der Waals surface area contributed by atoms with E-state index in [0.29, 0.717) is 6.54 Å². The molecular formula is C14H22N2O2S. The van der Waals surface area contributed by atoms with Crippen LogP contribution in [-0.2, 0) is 11.3 Å². The van der Waals surface area contributed by atoms with Crippen LogP contribution in [0, 0.1) is 6.92 Å². The Hall–Kier alpha value is -1.07. The summed E-state index contributed by atoms with van der Waals surface area (Å²) in [4.78, 5) is 13.1. The maximum absolute atomic E-state index is 11.9. The van der Waals surface area contributed by atoms with E-state index in [2.05, 4.69) is 23.6 Å². The third-order valence-corrected chi connectivity index (χ3v) is 4.72. The average molecular weight is 282 g/mol. The maximum atomic E-state index is 11.9. The first-order valence-electron chi connectivity index (χ1n) is 6.81. The molecule has 1 aromatic rings. The zero-order valence-corrected chi connectivity index (χ0v) is 12.4. The van der Waals surface area contributed by atoms with Crippen LogP contribution in [0.15, 0.2) is 11.4 Å². The standard InChI is InChI=1S/C14H22N2O2S/c1-10-7-8-19-13(10)9-15-14(17)16-11-5-3-4-6-12(11)18-2/h7-8,11-12H,3-6,9H2,1-2H3,(H2,15,16,17). The van der Waals surface area contributed by atoms with E-state index in [-0.39, 0.29) is 18.2 Å². The van der Waals surface area contributed by atoms with Crippen LogP contribution in [0.4, 0.5) is 4.79 Å². The van der Waals surface area contributed by atoms with Gasteiger partial charge >= 0.3 is 6.03 Å². The molecule has 1 aliphatic carbocycles. The van der Waals surface area contributed by atoms with Crippen molar-refractivity contribution in [3.8, 4) is 0 Å². The fraction of sp³-hybridized carbons (Fsp3) is 0.643. The van der Waals surface area contributed by atoms with Crippen LogP contribution in [0.3, 0.4) is 0 Å². The topological polar surface area (TPSA) is 50.4 Å². The number of thiophene rings is 1. The lowest BCUT2D eigenvalue weighted by Crippen LogP contribution is -2.49. The highest BCUT2D eigenvalue weighted by Crippen LogP contribution is 2.20. The highest BCUT2D eigenvalue weighted by Gasteiger charge is 2.26. The lowest BCUT2D eigenvalue weighted by Gasteiger charge is -2.31. The summed E-state index contributed by atoms with van der Waals surface area (Å²) >= 11 is 1.68. The van der Waals surface area contributed by atoms with Crippen LogP contribution in [0.1, 0.15) is 36.1 Å². The second-order valence-electron chi connectivity index (χ2n) is 5.02. The molecule has 0 aromatic carbocycles. The van der Waals surface area contributed by atoms with Gasteiger partial charge in [-0.25, -0.2) is 4.79 Å². The van der Waals surface area contributed by atoms with E-state index in [1.54, 1.807) is 18.4 Å². The first kappa shape index (κ1) is 14.3.